The second-order valence-corrected chi connectivity index (χ2v) is 5.07. The van der Waals surface area contributed by atoms with Gasteiger partial charge in [-0.05, 0) is 32.9 Å². The molecule has 1 aromatic carbocycles. The van der Waals surface area contributed by atoms with Gasteiger partial charge in [0.05, 0.1) is 5.54 Å². The topological polar surface area (TPSA) is 56.8 Å². The first-order valence-electron chi connectivity index (χ1n) is 5.69. The van der Waals surface area contributed by atoms with Crippen molar-refractivity contribution >= 4 is 5.84 Å². The zero-order valence-corrected chi connectivity index (χ0v) is 10.4. The largest absolute Gasteiger partial charge is 0.485 e. The average Bonchev–Trinajstić information content (AvgIpc) is 2.26. The van der Waals surface area contributed by atoms with E-state index in [1.165, 1.54) is 0 Å². The van der Waals surface area contributed by atoms with Crippen molar-refractivity contribution in [1.29, 1.82) is 0 Å². The second kappa shape index (κ2) is 4.28. The molecule has 2 rings (SSSR count). The maximum Gasteiger partial charge on any atom is 0.189 e. The number of fused-ring (bicyclic) bond motifs is 1. The van der Waals surface area contributed by atoms with E-state index in [4.69, 9.17) is 15.2 Å². The third-order valence-electron chi connectivity index (χ3n) is 2.30. The Bertz CT molecular complexity index is 435. The molecule has 4 nitrogen and oxygen atoms in total. The number of benzene rings is 1. The molecule has 92 valence electrons. The normalized spacial score (nSPS) is 20.2. The summed E-state index contributed by atoms with van der Waals surface area (Å²) in [6.45, 7) is 6.40. The summed E-state index contributed by atoms with van der Waals surface area (Å²) >= 11 is 0. The lowest BCUT2D eigenvalue weighted by Gasteiger charge is -2.27. The lowest BCUT2D eigenvalue weighted by atomic mass is 10.1. The Morgan fingerprint density at radius 1 is 1.29 bits per heavy atom. The van der Waals surface area contributed by atoms with Gasteiger partial charge in [-0.2, -0.15) is 0 Å². The summed E-state index contributed by atoms with van der Waals surface area (Å²) in [5, 5.41) is 0. The zero-order chi connectivity index (χ0) is 12.5. The Morgan fingerprint density at radius 3 is 2.59 bits per heavy atom. The average molecular weight is 234 g/mol. The van der Waals surface area contributed by atoms with Crippen molar-refractivity contribution in [2.75, 3.05) is 6.61 Å². The molecule has 1 unspecified atom stereocenters. The number of ether oxygens (including phenoxy) is 2. The van der Waals surface area contributed by atoms with Crippen LogP contribution in [-0.4, -0.2) is 24.1 Å². The van der Waals surface area contributed by atoms with Gasteiger partial charge in [0.2, 0.25) is 0 Å². The van der Waals surface area contributed by atoms with Crippen LogP contribution in [0.3, 0.4) is 0 Å². The molecule has 2 N–H and O–H groups in total. The number of aliphatic imine (C=N–C) groups is 1. The van der Waals surface area contributed by atoms with Gasteiger partial charge in [0.15, 0.2) is 17.6 Å². The maximum absolute atomic E-state index is 5.94. The molecule has 1 aliphatic heterocycles. The molecule has 1 aliphatic rings. The number of amidine groups is 1. The molecule has 0 fully saturated rings. The van der Waals surface area contributed by atoms with Gasteiger partial charge in [-0.1, -0.05) is 12.1 Å². The van der Waals surface area contributed by atoms with E-state index in [9.17, 15) is 0 Å². The van der Waals surface area contributed by atoms with E-state index in [0.717, 1.165) is 11.5 Å². The number of hydrogen-bond donors (Lipinski definition) is 1. The van der Waals surface area contributed by atoms with Crippen LogP contribution in [0.25, 0.3) is 0 Å². The van der Waals surface area contributed by atoms with E-state index in [2.05, 4.69) is 4.99 Å². The van der Waals surface area contributed by atoms with Crippen LogP contribution >= 0.6 is 0 Å². The predicted octanol–water partition coefficient (Wildman–Crippen LogP) is 1.98. The summed E-state index contributed by atoms with van der Waals surface area (Å²) in [6.07, 6.45) is -0.302. The highest BCUT2D eigenvalue weighted by atomic mass is 16.6. The number of para-hydroxylation sites is 2. The molecule has 0 bridgehead atoms. The van der Waals surface area contributed by atoms with Gasteiger partial charge in [-0.15, -0.1) is 0 Å². The molecule has 1 atom stereocenters. The summed E-state index contributed by atoms with van der Waals surface area (Å²) in [5.74, 6) is 1.95. The number of nitrogens with two attached hydrogens (primary N) is 1. The Kier molecular flexibility index (Phi) is 2.96. The standard InChI is InChI=1S/C13H18N2O2/c1-13(2,3)15-12(14)11-8-16-9-6-4-5-7-10(9)17-11/h4-7,11H,8H2,1-3H3,(H2,14,15). The molecule has 4 heteroatoms. The lowest BCUT2D eigenvalue weighted by molar-refractivity contribution is 0.133. The first kappa shape index (κ1) is 11.8. The SMILES string of the molecule is CC(C)(C)N=C(N)C1COc2ccccc2O1. The van der Waals surface area contributed by atoms with Crippen LogP contribution in [0.1, 0.15) is 20.8 Å². The molecular weight excluding hydrogens is 216 g/mol. The Balaban J connectivity index is 2.15. The molecule has 0 spiro atoms. The van der Waals surface area contributed by atoms with Gasteiger partial charge < -0.3 is 15.2 Å². The van der Waals surface area contributed by atoms with Gasteiger partial charge in [0.1, 0.15) is 12.4 Å². The summed E-state index contributed by atoms with van der Waals surface area (Å²) in [5.41, 5.74) is 5.73. The van der Waals surface area contributed by atoms with Crippen molar-refractivity contribution in [2.45, 2.75) is 32.4 Å². The highest BCUT2D eigenvalue weighted by Crippen LogP contribution is 2.30. The van der Waals surface area contributed by atoms with E-state index >= 15 is 0 Å². The van der Waals surface area contributed by atoms with Crippen molar-refractivity contribution in [2.24, 2.45) is 10.7 Å². The van der Waals surface area contributed by atoms with Crippen LogP contribution in [0.5, 0.6) is 11.5 Å². The molecule has 0 aromatic heterocycles. The Labute approximate surface area is 101 Å². The highest BCUT2D eigenvalue weighted by molar-refractivity contribution is 5.86. The fourth-order valence-electron chi connectivity index (χ4n) is 1.62. The van der Waals surface area contributed by atoms with Gasteiger partial charge in [-0.25, -0.2) is 0 Å². The van der Waals surface area contributed by atoms with E-state index in [0.29, 0.717) is 12.4 Å². The monoisotopic (exact) mass is 234 g/mol. The third kappa shape index (κ3) is 2.90. The van der Waals surface area contributed by atoms with Crippen LogP contribution < -0.4 is 15.2 Å². The molecular formula is C13H18N2O2. The molecule has 0 saturated carbocycles. The minimum Gasteiger partial charge on any atom is -0.485 e. The number of hydrogen-bond acceptors (Lipinski definition) is 3. The molecule has 0 aliphatic carbocycles. The van der Waals surface area contributed by atoms with Crippen LogP contribution in [-0.2, 0) is 0 Å². The summed E-state index contributed by atoms with van der Waals surface area (Å²) < 4.78 is 11.3. The van der Waals surface area contributed by atoms with Gasteiger partial charge in [0, 0.05) is 0 Å². The van der Waals surface area contributed by atoms with Gasteiger partial charge >= 0.3 is 0 Å². The molecule has 1 aromatic rings. The molecule has 0 saturated heterocycles. The van der Waals surface area contributed by atoms with E-state index in [-0.39, 0.29) is 11.6 Å². The van der Waals surface area contributed by atoms with Crippen molar-refractivity contribution in [3.63, 3.8) is 0 Å². The van der Waals surface area contributed by atoms with Crippen LogP contribution in [0, 0.1) is 0 Å². The number of nitrogens with zero attached hydrogens (tertiary/aromatic N) is 1. The quantitative estimate of drug-likeness (QED) is 0.597. The van der Waals surface area contributed by atoms with Crippen molar-refractivity contribution in [3.05, 3.63) is 24.3 Å². The minimum atomic E-state index is -0.302. The third-order valence-corrected chi connectivity index (χ3v) is 2.30. The van der Waals surface area contributed by atoms with Gasteiger partial charge in [-0.3, -0.25) is 4.99 Å². The highest BCUT2D eigenvalue weighted by Gasteiger charge is 2.24. The predicted molar refractivity (Wildman–Crippen MR) is 67.7 cm³/mol. The van der Waals surface area contributed by atoms with Crippen LogP contribution in [0.4, 0.5) is 0 Å². The van der Waals surface area contributed by atoms with Crippen LogP contribution in [0.2, 0.25) is 0 Å². The minimum absolute atomic E-state index is 0.204. The van der Waals surface area contributed by atoms with Crippen molar-refractivity contribution in [3.8, 4) is 11.5 Å². The number of rotatable bonds is 1. The van der Waals surface area contributed by atoms with E-state index < -0.39 is 0 Å². The van der Waals surface area contributed by atoms with Crippen molar-refractivity contribution < 1.29 is 9.47 Å². The Morgan fingerprint density at radius 2 is 1.94 bits per heavy atom. The zero-order valence-electron chi connectivity index (χ0n) is 10.4. The van der Waals surface area contributed by atoms with E-state index in [1.807, 2.05) is 45.0 Å². The first-order chi connectivity index (χ1) is 7.96. The fourth-order valence-corrected chi connectivity index (χ4v) is 1.62. The van der Waals surface area contributed by atoms with Crippen LogP contribution in [0.15, 0.2) is 29.3 Å². The summed E-state index contributed by atoms with van der Waals surface area (Å²) in [7, 11) is 0. The first-order valence-corrected chi connectivity index (χ1v) is 5.69. The second-order valence-electron chi connectivity index (χ2n) is 5.07. The summed E-state index contributed by atoms with van der Waals surface area (Å²) in [6, 6.07) is 7.56. The molecule has 0 amide bonds. The van der Waals surface area contributed by atoms with E-state index in [1.54, 1.807) is 0 Å². The molecule has 17 heavy (non-hydrogen) atoms. The molecule has 1 heterocycles. The Hall–Kier alpha value is -1.71. The van der Waals surface area contributed by atoms with Crippen molar-refractivity contribution in [1.82, 2.24) is 0 Å². The van der Waals surface area contributed by atoms with Gasteiger partial charge in [0.25, 0.3) is 0 Å². The fraction of sp³-hybridized carbons (Fsp3) is 0.462. The lowest BCUT2D eigenvalue weighted by Crippen LogP contribution is -2.42. The summed E-state index contributed by atoms with van der Waals surface area (Å²) in [4.78, 5) is 4.40. The smallest absolute Gasteiger partial charge is 0.189 e. The maximum atomic E-state index is 5.94. The molecule has 0 radical (unpaired) electrons.